The van der Waals surface area contributed by atoms with Crippen LogP contribution >= 0.6 is 0 Å². The zero-order valence-electron chi connectivity index (χ0n) is 9.85. The second-order valence-electron chi connectivity index (χ2n) is 4.52. The zero-order valence-corrected chi connectivity index (χ0v) is 9.85. The van der Waals surface area contributed by atoms with Crippen LogP contribution in [0.15, 0.2) is 30.3 Å². The normalized spacial score (nSPS) is 19.0. The van der Waals surface area contributed by atoms with Crippen LogP contribution in [-0.4, -0.2) is 10.5 Å². The van der Waals surface area contributed by atoms with E-state index in [1.165, 1.54) is 17.8 Å². The van der Waals surface area contributed by atoms with Crippen LogP contribution in [0.5, 0.6) is 0 Å². The van der Waals surface area contributed by atoms with E-state index in [9.17, 15) is 4.79 Å². The molecule has 3 rings (SSSR count). The quantitative estimate of drug-likeness (QED) is 0.704. The molecular formula is C14H15NO2. The number of ether oxygens (including phenoxy) is 1. The van der Waals surface area contributed by atoms with E-state index in [0.717, 1.165) is 25.1 Å². The van der Waals surface area contributed by atoms with Crippen LogP contribution < -0.4 is 0 Å². The van der Waals surface area contributed by atoms with Crippen molar-refractivity contribution in [3.05, 3.63) is 36.0 Å². The van der Waals surface area contributed by atoms with Crippen molar-refractivity contribution >= 4 is 16.9 Å². The van der Waals surface area contributed by atoms with Gasteiger partial charge >= 0.3 is 5.97 Å². The molecule has 0 N–H and O–H groups in total. The molecule has 0 bridgehead atoms. The lowest BCUT2D eigenvalue weighted by molar-refractivity contribution is -0.147. The van der Waals surface area contributed by atoms with Gasteiger partial charge in [-0.1, -0.05) is 18.2 Å². The van der Waals surface area contributed by atoms with Crippen molar-refractivity contribution in [3.8, 4) is 0 Å². The number of benzene rings is 1. The SMILES string of the molecule is CC(=O)OC1CCCn2c1cc1ccccc12. The second-order valence-corrected chi connectivity index (χ2v) is 4.52. The zero-order chi connectivity index (χ0) is 11.8. The molecule has 2 aromatic rings. The van der Waals surface area contributed by atoms with Crippen molar-refractivity contribution < 1.29 is 9.53 Å². The van der Waals surface area contributed by atoms with Gasteiger partial charge in [0.15, 0.2) is 0 Å². The predicted molar refractivity (Wildman–Crippen MR) is 65.7 cm³/mol. The number of rotatable bonds is 1. The maximum atomic E-state index is 11.1. The highest BCUT2D eigenvalue weighted by Gasteiger charge is 2.24. The van der Waals surface area contributed by atoms with Crippen LogP contribution in [0, 0.1) is 0 Å². The van der Waals surface area contributed by atoms with E-state index in [4.69, 9.17) is 4.74 Å². The first-order chi connectivity index (χ1) is 8.25. The molecule has 3 heteroatoms. The first kappa shape index (κ1) is 10.4. The number of aryl methyl sites for hydroxylation is 1. The highest BCUT2D eigenvalue weighted by Crippen LogP contribution is 2.33. The number of carbonyl (C=O) groups excluding carboxylic acids is 1. The lowest BCUT2D eigenvalue weighted by Crippen LogP contribution is -2.18. The molecule has 0 spiro atoms. The van der Waals surface area contributed by atoms with Crippen LogP contribution in [-0.2, 0) is 16.1 Å². The molecule has 2 heterocycles. The van der Waals surface area contributed by atoms with E-state index in [1.807, 2.05) is 12.1 Å². The fraction of sp³-hybridized carbons (Fsp3) is 0.357. The Morgan fingerprint density at radius 1 is 1.41 bits per heavy atom. The summed E-state index contributed by atoms with van der Waals surface area (Å²) in [6.45, 7) is 2.49. The van der Waals surface area contributed by atoms with Gasteiger partial charge in [-0.3, -0.25) is 4.79 Å². The molecule has 1 aromatic heterocycles. The molecule has 88 valence electrons. The Bertz CT molecular complexity index is 571. The molecule has 0 saturated heterocycles. The van der Waals surface area contributed by atoms with Crippen molar-refractivity contribution in [1.82, 2.24) is 4.57 Å². The molecule has 0 radical (unpaired) electrons. The van der Waals surface area contributed by atoms with E-state index < -0.39 is 0 Å². The van der Waals surface area contributed by atoms with Gasteiger partial charge in [0.05, 0.1) is 5.69 Å². The molecule has 1 aromatic carbocycles. The lowest BCUT2D eigenvalue weighted by atomic mass is 10.1. The van der Waals surface area contributed by atoms with Crippen LogP contribution in [0.3, 0.4) is 0 Å². The predicted octanol–water partition coefficient (Wildman–Crippen LogP) is 3.04. The number of carbonyl (C=O) groups is 1. The summed E-state index contributed by atoms with van der Waals surface area (Å²) in [5.41, 5.74) is 2.37. The lowest BCUT2D eigenvalue weighted by Gasteiger charge is -2.24. The highest BCUT2D eigenvalue weighted by atomic mass is 16.5. The molecular weight excluding hydrogens is 214 g/mol. The summed E-state index contributed by atoms with van der Waals surface area (Å²) in [6, 6.07) is 10.4. The molecule has 1 aliphatic rings. The van der Waals surface area contributed by atoms with Gasteiger partial charge in [-0.05, 0) is 30.4 Å². The largest absolute Gasteiger partial charge is 0.456 e. The van der Waals surface area contributed by atoms with E-state index >= 15 is 0 Å². The van der Waals surface area contributed by atoms with Crippen LogP contribution in [0.1, 0.15) is 31.6 Å². The third-order valence-electron chi connectivity index (χ3n) is 3.33. The maximum absolute atomic E-state index is 11.1. The molecule has 17 heavy (non-hydrogen) atoms. The smallest absolute Gasteiger partial charge is 0.303 e. The number of aromatic nitrogens is 1. The van der Waals surface area contributed by atoms with Gasteiger partial charge in [0, 0.05) is 19.0 Å². The average molecular weight is 229 g/mol. The first-order valence-corrected chi connectivity index (χ1v) is 6.01. The van der Waals surface area contributed by atoms with Crippen molar-refractivity contribution in [2.45, 2.75) is 32.4 Å². The minimum absolute atomic E-state index is 0.0753. The van der Waals surface area contributed by atoms with Crippen LogP contribution in [0.25, 0.3) is 10.9 Å². The Labute approximate surface area is 100.0 Å². The summed E-state index contributed by atoms with van der Waals surface area (Å²) in [4.78, 5) is 11.1. The van der Waals surface area contributed by atoms with E-state index in [0.29, 0.717) is 0 Å². The van der Waals surface area contributed by atoms with Crippen LogP contribution in [0.4, 0.5) is 0 Å². The van der Waals surface area contributed by atoms with Gasteiger partial charge in [-0.15, -0.1) is 0 Å². The number of esters is 1. The number of hydrogen-bond acceptors (Lipinski definition) is 2. The maximum Gasteiger partial charge on any atom is 0.303 e. The molecule has 0 aliphatic carbocycles. The molecule has 1 atom stereocenters. The standard InChI is InChI=1S/C14H15NO2/c1-10(16)17-14-7-4-8-15-12-6-3-2-5-11(12)9-13(14)15/h2-3,5-6,9,14H,4,7-8H2,1H3. The number of hydrogen-bond donors (Lipinski definition) is 0. The Hall–Kier alpha value is -1.77. The van der Waals surface area contributed by atoms with Crippen molar-refractivity contribution in [3.63, 3.8) is 0 Å². The monoisotopic (exact) mass is 229 g/mol. The molecule has 0 fully saturated rings. The summed E-state index contributed by atoms with van der Waals surface area (Å²) in [5, 5.41) is 1.22. The second kappa shape index (κ2) is 3.91. The molecule has 1 aliphatic heterocycles. The number of para-hydroxylation sites is 1. The van der Waals surface area contributed by atoms with Crippen molar-refractivity contribution in [2.24, 2.45) is 0 Å². The van der Waals surface area contributed by atoms with E-state index in [-0.39, 0.29) is 12.1 Å². The van der Waals surface area contributed by atoms with Crippen molar-refractivity contribution in [1.29, 1.82) is 0 Å². The number of fused-ring (bicyclic) bond motifs is 3. The third kappa shape index (κ3) is 1.71. The highest BCUT2D eigenvalue weighted by molar-refractivity contribution is 5.81. The number of nitrogens with zero attached hydrogens (tertiary/aromatic N) is 1. The average Bonchev–Trinajstić information content (AvgIpc) is 2.68. The fourth-order valence-corrected chi connectivity index (χ4v) is 2.65. The van der Waals surface area contributed by atoms with Gasteiger partial charge in [-0.2, -0.15) is 0 Å². The molecule has 0 saturated carbocycles. The van der Waals surface area contributed by atoms with Crippen LogP contribution in [0.2, 0.25) is 0 Å². The summed E-state index contributed by atoms with van der Waals surface area (Å²) >= 11 is 0. The fourth-order valence-electron chi connectivity index (χ4n) is 2.65. The van der Waals surface area contributed by atoms with E-state index in [1.54, 1.807) is 0 Å². The van der Waals surface area contributed by atoms with Gasteiger partial charge in [-0.25, -0.2) is 0 Å². The Morgan fingerprint density at radius 2 is 2.24 bits per heavy atom. The Kier molecular flexibility index (Phi) is 2.39. The van der Waals surface area contributed by atoms with Gasteiger partial charge in [0.25, 0.3) is 0 Å². The van der Waals surface area contributed by atoms with Gasteiger partial charge < -0.3 is 9.30 Å². The summed E-state index contributed by atoms with van der Waals surface area (Å²) < 4.78 is 7.66. The van der Waals surface area contributed by atoms with Crippen molar-refractivity contribution in [2.75, 3.05) is 0 Å². The van der Waals surface area contributed by atoms with E-state index in [2.05, 4.69) is 22.8 Å². The topological polar surface area (TPSA) is 31.2 Å². The minimum atomic E-state index is -0.200. The molecule has 3 nitrogen and oxygen atoms in total. The summed E-state index contributed by atoms with van der Waals surface area (Å²) in [6.07, 6.45) is 1.91. The minimum Gasteiger partial charge on any atom is -0.456 e. The third-order valence-corrected chi connectivity index (χ3v) is 3.33. The molecule has 1 unspecified atom stereocenters. The Morgan fingerprint density at radius 3 is 3.06 bits per heavy atom. The Balaban J connectivity index is 2.10. The first-order valence-electron chi connectivity index (χ1n) is 6.01. The summed E-state index contributed by atoms with van der Waals surface area (Å²) in [5.74, 6) is -0.200. The molecule has 0 amide bonds. The summed E-state index contributed by atoms with van der Waals surface area (Å²) in [7, 11) is 0. The van der Waals surface area contributed by atoms with Gasteiger partial charge in [0.1, 0.15) is 6.10 Å². The van der Waals surface area contributed by atoms with Gasteiger partial charge in [0.2, 0.25) is 0 Å².